The average Bonchev–Trinajstić information content (AvgIpc) is 2.34. The van der Waals surface area contributed by atoms with Crippen LogP contribution in [0.1, 0.15) is 26.2 Å². The molecule has 0 radical (unpaired) electrons. The first-order valence-corrected chi connectivity index (χ1v) is 3.63. The van der Waals surface area contributed by atoms with Crippen molar-refractivity contribution in [3.8, 4) is 0 Å². The molecule has 1 heterocycles. The highest BCUT2D eigenvalue weighted by Crippen LogP contribution is 2.20. The highest BCUT2D eigenvalue weighted by atomic mass is 16.5. The lowest BCUT2D eigenvalue weighted by molar-refractivity contribution is 0.0106. The van der Waals surface area contributed by atoms with Crippen molar-refractivity contribution < 1.29 is 9.84 Å². The fourth-order valence-electron chi connectivity index (χ4n) is 1.21. The van der Waals surface area contributed by atoms with Crippen LogP contribution in [0.15, 0.2) is 0 Å². The molecular weight excluding hydrogens is 116 g/mol. The number of aliphatic hydroxyl groups is 1. The first-order chi connectivity index (χ1) is 4.36. The van der Waals surface area contributed by atoms with Crippen LogP contribution >= 0.6 is 0 Å². The van der Waals surface area contributed by atoms with Crippen molar-refractivity contribution in [1.29, 1.82) is 0 Å². The predicted molar refractivity (Wildman–Crippen MR) is 35.3 cm³/mol. The van der Waals surface area contributed by atoms with Gasteiger partial charge in [0.25, 0.3) is 0 Å². The second-order valence-corrected chi connectivity index (χ2v) is 2.55. The van der Waals surface area contributed by atoms with Gasteiger partial charge in [-0.2, -0.15) is 0 Å². The van der Waals surface area contributed by atoms with Gasteiger partial charge in [-0.25, -0.2) is 0 Å². The Morgan fingerprint density at radius 2 is 2.11 bits per heavy atom. The summed E-state index contributed by atoms with van der Waals surface area (Å²) in [5.41, 5.74) is 0. The van der Waals surface area contributed by atoms with Crippen LogP contribution < -0.4 is 0 Å². The number of hydrogen-bond donors (Lipinski definition) is 1. The maximum absolute atomic E-state index is 8.65. The fourth-order valence-corrected chi connectivity index (χ4v) is 1.21. The SMILES string of the molecule is CCC1CC[C@H](CO)O1. The fraction of sp³-hybridized carbons (Fsp3) is 1.00. The molecule has 0 aromatic heterocycles. The van der Waals surface area contributed by atoms with E-state index in [1.807, 2.05) is 0 Å². The summed E-state index contributed by atoms with van der Waals surface area (Å²) in [5, 5.41) is 8.65. The van der Waals surface area contributed by atoms with Gasteiger partial charge in [0.1, 0.15) is 0 Å². The molecule has 1 N–H and O–H groups in total. The second-order valence-electron chi connectivity index (χ2n) is 2.55. The van der Waals surface area contributed by atoms with Crippen LogP contribution in [0.3, 0.4) is 0 Å². The third-order valence-corrected chi connectivity index (χ3v) is 1.85. The summed E-state index contributed by atoms with van der Waals surface area (Å²) in [7, 11) is 0. The summed E-state index contributed by atoms with van der Waals surface area (Å²) < 4.78 is 5.41. The zero-order valence-electron chi connectivity index (χ0n) is 5.84. The van der Waals surface area contributed by atoms with Crippen molar-refractivity contribution in [3.63, 3.8) is 0 Å². The van der Waals surface area contributed by atoms with E-state index in [9.17, 15) is 0 Å². The van der Waals surface area contributed by atoms with Crippen LogP contribution in [-0.2, 0) is 4.74 Å². The summed E-state index contributed by atoms with van der Waals surface area (Å²) in [6.45, 7) is 2.31. The van der Waals surface area contributed by atoms with E-state index in [0.717, 1.165) is 19.3 Å². The molecule has 2 heteroatoms. The van der Waals surface area contributed by atoms with E-state index in [1.54, 1.807) is 0 Å². The molecule has 0 aromatic carbocycles. The molecule has 1 rings (SSSR count). The molecule has 2 nitrogen and oxygen atoms in total. The molecule has 1 saturated heterocycles. The van der Waals surface area contributed by atoms with Crippen LogP contribution in [0, 0.1) is 0 Å². The van der Waals surface area contributed by atoms with Gasteiger partial charge < -0.3 is 9.84 Å². The molecule has 0 bridgehead atoms. The molecule has 1 fully saturated rings. The Morgan fingerprint density at radius 3 is 2.44 bits per heavy atom. The van der Waals surface area contributed by atoms with E-state index >= 15 is 0 Å². The first-order valence-electron chi connectivity index (χ1n) is 3.63. The zero-order chi connectivity index (χ0) is 6.69. The van der Waals surface area contributed by atoms with Crippen molar-refractivity contribution in [2.75, 3.05) is 6.61 Å². The molecule has 0 saturated carbocycles. The molecule has 1 unspecified atom stereocenters. The van der Waals surface area contributed by atoms with Gasteiger partial charge in [-0.05, 0) is 19.3 Å². The quantitative estimate of drug-likeness (QED) is 0.602. The highest BCUT2D eigenvalue weighted by Gasteiger charge is 2.22. The predicted octanol–water partition coefficient (Wildman–Crippen LogP) is 0.936. The molecule has 2 atom stereocenters. The van der Waals surface area contributed by atoms with Crippen molar-refractivity contribution in [1.82, 2.24) is 0 Å². The van der Waals surface area contributed by atoms with E-state index in [-0.39, 0.29) is 12.7 Å². The molecule has 0 aromatic rings. The Bertz CT molecular complexity index is 73.0. The summed E-state index contributed by atoms with van der Waals surface area (Å²) in [6.07, 6.45) is 3.80. The molecule has 54 valence electrons. The zero-order valence-corrected chi connectivity index (χ0v) is 5.84. The third-order valence-electron chi connectivity index (χ3n) is 1.85. The molecule has 0 amide bonds. The first kappa shape index (κ1) is 7.03. The Balaban J connectivity index is 2.20. The van der Waals surface area contributed by atoms with Crippen LogP contribution in [-0.4, -0.2) is 23.9 Å². The standard InChI is InChI=1S/C7H14O2/c1-2-6-3-4-7(5-8)9-6/h6-8H,2-5H2,1H3/t6?,7-/m1/s1. The minimum absolute atomic E-state index is 0.134. The lowest BCUT2D eigenvalue weighted by atomic mass is 10.2. The van der Waals surface area contributed by atoms with Crippen molar-refractivity contribution in [2.45, 2.75) is 38.4 Å². The maximum Gasteiger partial charge on any atom is 0.0810 e. The van der Waals surface area contributed by atoms with Gasteiger partial charge in [0, 0.05) is 0 Å². The molecule has 1 aliphatic rings. The van der Waals surface area contributed by atoms with Gasteiger partial charge in [-0.3, -0.25) is 0 Å². The van der Waals surface area contributed by atoms with Crippen molar-refractivity contribution in [2.24, 2.45) is 0 Å². The van der Waals surface area contributed by atoms with Crippen LogP contribution in [0.2, 0.25) is 0 Å². The Hall–Kier alpha value is -0.0800. The Morgan fingerprint density at radius 1 is 1.44 bits per heavy atom. The topological polar surface area (TPSA) is 29.5 Å². The number of aliphatic hydroxyl groups excluding tert-OH is 1. The largest absolute Gasteiger partial charge is 0.394 e. The molecule has 1 aliphatic heterocycles. The molecular formula is C7H14O2. The minimum atomic E-state index is 0.134. The number of hydrogen-bond acceptors (Lipinski definition) is 2. The van der Waals surface area contributed by atoms with Gasteiger partial charge in [0.2, 0.25) is 0 Å². The summed E-state index contributed by atoms with van der Waals surface area (Å²) in [5.74, 6) is 0. The van der Waals surface area contributed by atoms with Crippen LogP contribution in [0.4, 0.5) is 0 Å². The summed E-state index contributed by atoms with van der Waals surface area (Å²) in [4.78, 5) is 0. The monoisotopic (exact) mass is 130 g/mol. The Kier molecular flexibility index (Phi) is 2.49. The lowest BCUT2D eigenvalue weighted by Crippen LogP contribution is -2.13. The van der Waals surface area contributed by atoms with Crippen LogP contribution in [0.5, 0.6) is 0 Å². The van der Waals surface area contributed by atoms with E-state index in [1.165, 1.54) is 0 Å². The van der Waals surface area contributed by atoms with Gasteiger partial charge in [0.05, 0.1) is 18.8 Å². The third kappa shape index (κ3) is 1.66. The van der Waals surface area contributed by atoms with E-state index in [0.29, 0.717) is 6.10 Å². The van der Waals surface area contributed by atoms with Gasteiger partial charge in [0.15, 0.2) is 0 Å². The number of ether oxygens (including phenoxy) is 1. The lowest BCUT2D eigenvalue weighted by Gasteiger charge is -2.08. The smallest absolute Gasteiger partial charge is 0.0810 e. The van der Waals surface area contributed by atoms with Crippen molar-refractivity contribution in [3.05, 3.63) is 0 Å². The molecule has 0 spiro atoms. The van der Waals surface area contributed by atoms with Gasteiger partial charge in [-0.15, -0.1) is 0 Å². The molecule has 0 aliphatic carbocycles. The van der Waals surface area contributed by atoms with E-state index < -0.39 is 0 Å². The normalized spacial score (nSPS) is 35.3. The second kappa shape index (κ2) is 3.18. The number of rotatable bonds is 2. The van der Waals surface area contributed by atoms with Gasteiger partial charge in [-0.1, -0.05) is 6.92 Å². The van der Waals surface area contributed by atoms with Crippen molar-refractivity contribution >= 4 is 0 Å². The van der Waals surface area contributed by atoms with Crippen LogP contribution in [0.25, 0.3) is 0 Å². The average molecular weight is 130 g/mol. The van der Waals surface area contributed by atoms with E-state index in [4.69, 9.17) is 9.84 Å². The summed E-state index contributed by atoms with van der Waals surface area (Å²) >= 11 is 0. The maximum atomic E-state index is 8.65. The minimum Gasteiger partial charge on any atom is -0.394 e. The summed E-state index contributed by atoms with van der Waals surface area (Å²) in [6, 6.07) is 0. The molecule has 9 heavy (non-hydrogen) atoms. The highest BCUT2D eigenvalue weighted by molar-refractivity contribution is 4.71. The Labute approximate surface area is 55.8 Å². The van der Waals surface area contributed by atoms with E-state index in [2.05, 4.69) is 6.92 Å². The van der Waals surface area contributed by atoms with Gasteiger partial charge >= 0.3 is 0 Å².